The van der Waals surface area contributed by atoms with Crippen LogP contribution in [0.3, 0.4) is 0 Å². The molecule has 34 heavy (non-hydrogen) atoms. The molecule has 0 spiro atoms. The molecule has 5 nitrogen and oxygen atoms in total. The average molecular weight is 519 g/mol. The molecular weight excluding hydrogens is 488 g/mol. The van der Waals surface area contributed by atoms with Crippen molar-refractivity contribution in [2.75, 3.05) is 32.1 Å². The van der Waals surface area contributed by atoms with Crippen molar-refractivity contribution in [1.82, 2.24) is 14.5 Å². The van der Waals surface area contributed by atoms with E-state index in [9.17, 15) is 0 Å². The lowest BCUT2D eigenvalue weighted by Gasteiger charge is -2.32. The first kappa shape index (κ1) is 22.9. The van der Waals surface area contributed by atoms with Crippen LogP contribution in [0, 0.1) is 0 Å². The molecule has 0 aliphatic carbocycles. The number of halogens is 1. The van der Waals surface area contributed by atoms with E-state index in [1.807, 2.05) is 12.1 Å². The first-order valence-electron chi connectivity index (χ1n) is 12.0. The quantitative estimate of drug-likeness (QED) is 0.311. The van der Waals surface area contributed by atoms with Crippen LogP contribution in [0.1, 0.15) is 24.0 Å². The van der Waals surface area contributed by atoms with E-state index in [-0.39, 0.29) is 0 Å². The minimum Gasteiger partial charge on any atom is -0.497 e. The van der Waals surface area contributed by atoms with Crippen molar-refractivity contribution >= 4 is 32.9 Å². The number of piperidine rings is 1. The van der Waals surface area contributed by atoms with Gasteiger partial charge >= 0.3 is 0 Å². The lowest BCUT2D eigenvalue weighted by Crippen LogP contribution is -2.40. The Hall–Kier alpha value is -2.83. The van der Waals surface area contributed by atoms with Crippen LogP contribution in [0.4, 0.5) is 5.95 Å². The van der Waals surface area contributed by atoms with Gasteiger partial charge in [-0.1, -0.05) is 52.3 Å². The van der Waals surface area contributed by atoms with Crippen LogP contribution in [0.5, 0.6) is 5.75 Å². The maximum atomic E-state index is 5.26. The van der Waals surface area contributed by atoms with E-state index < -0.39 is 0 Å². The number of hydrogen-bond donors (Lipinski definition) is 1. The van der Waals surface area contributed by atoms with Crippen molar-refractivity contribution in [3.8, 4) is 5.75 Å². The molecule has 0 unspecified atom stereocenters. The average Bonchev–Trinajstić information content (AvgIpc) is 3.22. The first-order valence-corrected chi connectivity index (χ1v) is 12.8. The SMILES string of the molecule is COc1ccc(CCN2CCC(Nc3nc4ccccc4n3Cc3ccc(Br)cc3)CC2)cc1. The second kappa shape index (κ2) is 10.6. The summed E-state index contributed by atoms with van der Waals surface area (Å²) in [6.07, 6.45) is 3.33. The highest BCUT2D eigenvalue weighted by Crippen LogP contribution is 2.24. The van der Waals surface area contributed by atoms with Crippen LogP contribution >= 0.6 is 15.9 Å². The van der Waals surface area contributed by atoms with Gasteiger partial charge in [0.2, 0.25) is 5.95 Å². The van der Waals surface area contributed by atoms with Gasteiger partial charge < -0.3 is 19.5 Å². The predicted molar refractivity (Wildman–Crippen MR) is 143 cm³/mol. The maximum absolute atomic E-state index is 5.26. The normalized spacial score (nSPS) is 15.0. The Bertz CT molecular complexity index is 1210. The molecule has 6 heteroatoms. The topological polar surface area (TPSA) is 42.3 Å². The molecule has 0 saturated carbocycles. The fourth-order valence-electron chi connectivity index (χ4n) is 4.68. The zero-order valence-corrected chi connectivity index (χ0v) is 21.2. The van der Waals surface area contributed by atoms with Gasteiger partial charge in [-0.05, 0) is 66.8 Å². The third-order valence-corrected chi connectivity index (χ3v) is 7.23. The van der Waals surface area contributed by atoms with Crippen LogP contribution < -0.4 is 10.1 Å². The van der Waals surface area contributed by atoms with E-state index in [1.165, 1.54) is 16.6 Å². The number of hydrogen-bond acceptors (Lipinski definition) is 4. The van der Waals surface area contributed by atoms with E-state index in [0.29, 0.717) is 6.04 Å². The molecule has 1 saturated heterocycles. The van der Waals surface area contributed by atoms with E-state index in [4.69, 9.17) is 9.72 Å². The number of methoxy groups -OCH3 is 1. The van der Waals surface area contributed by atoms with Gasteiger partial charge in [-0.25, -0.2) is 4.98 Å². The highest BCUT2D eigenvalue weighted by atomic mass is 79.9. The van der Waals surface area contributed by atoms with Gasteiger partial charge in [0.05, 0.1) is 24.7 Å². The predicted octanol–water partition coefficient (Wildman–Crippen LogP) is 5.97. The van der Waals surface area contributed by atoms with Crippen molar-refractivity contribution in [1.29, 1.82) is 0 Å². The van der Waals surface area contributed by atoms with E-state index in [1.54, 1.807) is 7.11 Å². The summed E-state index contributed by atoms with van der Waals surface area (Å²) in [6.45, 7) is 4.12. The smallest absolute Gasteiger partial charge is 0.204 e. The van der Waals surface area contributed by atoms with Crippen LogP contribution in [-0.4, -0.2) is 47.2 Å². The Morgan fingerprint density at radius 1 is 0.941 bits per heavy atom. The summed E-state index contributed by atoms with van der Waals surface area (Å²) in [4.78, 5) is 7.52. The fraction of sp³-hybridized carbons (Fsp3) is 0.321. The molecular formula is C28H31BrN4O. The highest BCUT2D eigenvalue weighted by Gasteiger charge is 2.21. The molecule has 5 rings (SSSR count). The standard InChI is InChI=1S/C28H31BrN4O/c1-34-25-12-8-21(9-13-25)14-17-32-18-15-24(16-19-32)30-28-31-26-4-2-3-5-27(26)33(28)20-22-6-10-23(29)11-7-22/h2-13,24H,14-20H2,1H3,(H,30,31). The van der Waals surface area contributed by atoms with Gasteiger partial charge in [-0.3, -0.25) is 0 Å². The number of fused-ring (bicyclic) bond motifs is 1. The molecule has 3 aromatic carbocycles. The molecule has 0 radical (unpaired) electrons. The maximum Gasteiger partial charge on any atom is 0.204 e. The summed E-state index contributed by atoms with van der Waals surface area (Å²) in [5.41, 5.74) is 4.84. The Labute approximate surface area is 209 Å². The second-order valence-electron chi connectivity index (χ2n) is 9.00. The summed E-state index contributed by atoms with van der Waals surface area (Å²) in [7, 11) is 1.71. The Morgan fingerprint density at radius 3 is 2.38 bits per heavy atom. The number of imidazole rings is 1. The number of aromatic nitrogens is 2. The summed E-state index contributed by atoms with van der Waals surface area (Å²) >= 11 is 3.54. The Balaban J connectivity index is 1.21. The number of nitrogens with one attached hydrogen (secondary N) is 1. The lowest BCUT2D eigenvalue weighted by molar-refractivity contribution is 0.221. The number of likely N-dealkylation sites (tertiary alicyclic amines) is 1. The van der Waals surface area contributed by atoms with Crippen molar-refractivity contribution < 1.29 is 4.74 Å². The van der Waals surface area contributed by atoms with Crippen molar-refractivity contribution in [3.05, 3.63) is 88.4 Å². The molecule has 1 aliphatic heterocycles. The molecule has 0 amide bonds. The highest BCUT2D eigenvalue weighted by molar-refractivity contribution is 9.10. The van der Waals surface area contributed by atoms with Gasteiger partial charge in [-0.2, -0.15) is 0 Å². The number of benzene rings is 3. The van der Waals surface area contributed by atoms with E-state index >= 15 is 0 Å². The van der Waals surface area contributed by atoms with Crippen LogP contribution in [0.15, 0.2) is 77.3 Å². The molecule has 1 aromatic heterocycles. The second-order valence-corrected chi connectivity index (χ2v) is 9.91. The van der Waals surface area contributed by atoms with Crippen molar-refractivity contribution in [2.45, 2.75) is 31.8 Å². The monoisotopic (exact) mass is 518 g/mol. The number of ether oxygens (including phenoxy) is 1. The largest absolute Gasteiger partial charge is 0.497 e. The van der Waals surface area contributed by atoms with Gasteiger partial charge in [0, 0.05) is 30.1 Å². The third-order valence-electron chi connectivity index (χ3n) is 6.71. The minimum absolute atomic E-state index is 0.442. The third kappa shape index (κ3) is 5.45. The number of rotatable bonds is 8. The molecule has 0 bridgehead atoms. The van der Waals surface area contributed by atoms with Gasteiger partial charge in [-0.15, -0.1) is 0 Å². The van der Waals surface area contributed by atoms with Crippen LogP contribution in [0.25, 0.3) is 11.0 Å². The van der Waals surface area contributed by atoms with Gasteiger partial charge in [0.25, 0.3) is 0 Å². The molecule has 1 N–H and O–H groups in total. The summed E-state index contributed by atoms with van der Waals surface area (Å²) in [5, 5.41) is 3.78. The molecule has 1 fully saturated rings. The Morgan fingerprint density at radius 2 is 1.65 bits per heavy atom. The molecule has 0 atom stereocenters. The number of para-hydroxylation sites is 2. The summed E-state index contributed by atoms with van der Waals surface area (Å²) in [5.74, 6) is 1.89. The number of anilines is 1. The van der Waals surface area contributed by atoms with Gasteiger partial charge in [0.15, 0.2) is 0 Å². The zero-order chi connectivity index (χ0) is 23.3. The summed E-state index contributed by atoms with van der Waals surface area (Å²) < 4.78 is 8.68. The molecule has 176 valence electrons. The Kier molecular flexibility index (Phi) is 7.16. The molecule has 2 heterocycles. The molecule has 1 aliphatic rings. The van der Waals surface area contributed by atoms with Crippen molar-refractivity contribution in [3.63, 3.8) is 0 Å². The fourth-order valence-corrected chi connectivity index (χ4v) is 4.95. The molecule has 4 aromatic rings. The zero-order valence-electron chi connectivity index (χ0n) is 19.6. The van der Waals surface area contributed by atoms with Gasteiger partial charge in [0.1, 0.15) is 5.75 Å². The number of nitrogens with zero attached hydrogens (tertiary/aromatic N) is 3. The van der Waals surface area contributed by atoms with E-state index in [2.05, 4.69) is 91.4 Å². The van der Waals surface area contributed by atoms with E-state index in [0.717, 1.165) is 67.1 Å². The minimum atomic E-state index is 0.442. The van der Waals surface area contributed by atoms with Crippen LogP contribution in [-0.2, 0) is 13.0 Å². The lowest BCUT2D eigenvalue weighted by atomic mass is 10.0. The van der Waals surface area contributed by atoms with Crippen molar-refractivity contribution in [2.24, 2.45) is 0 Å². The first-order chi connectivity index (χ1) is 16.7. The summed E-state index contributed by atoms with van der Waals surface area (Å²) in [6, 6.07) is 25.8. The van der Waals surface area contributed by atoms with Crippen LogP contribution in [0.2, 0.25) is 0 Å².